The molecule has 0 fully saturated rings. The van der Waals surface area contributed by atoms with Crippen LogP contribution >= 0.6 is 11.6 Å². The van der Waals surface area contributed by atoms with Crippen LogP contribution in [0.25, 0.3) is 0 Å². The maximum Gasteiger partial charge on any atom is 0.337 e. The van der Waals surface area contributed by atoms with E-state index in [9.17, 15) is 4.79 Å². The van der Waals surface area contributed by atoms with Gasteiger partial charge in [0.2, 0.25) is 5.88 Å². The van der Waals surface area contributed by atoms with Gasteiger partial charge in [0.05, 0.1) is 36.6 Å². The molecule has 0 radical (unpaired) electrons. The van der Waals surface area contributed by atoms with Crippen LogP contribution in [0.4, 0.5) is 0 Å². The van der Waals surface area contributed by atoms with E-state index in [-0.39, 0.29) is 16.5 Å². The highest BCUT2D eigenvalue weighted by Gasteiger charge is 2.10. The Balaban J connectivity index is 2.30. The summed E-state index contributed by atoms with van der Waals surface area (Å²) in [6.45, 7) is 2.03. The first kappa shape index (κ1) is 15.7. The van der Waals surface area contributed by atoms with Crippen LogP contribution in [-0.2, 0) is 9.47 Å². The van der Waals surface area contributed by atoms with Crippen molar-refractivity contribution in [3.63, 3.8) is 0 Å². The van der Waals surface area contributed by atoms with Crippen molar-refractivity contribution in [3.8, 4) is 5.88 Å². The van der Waals surface area contributed by atoms with Crippen LogP contribution in [0.15, 0.2) is 12.3 Å². The molecular formula is C12H16ClNO5. The lowest BCUT2D eigenvalue weighted by Crippen LogP contribution is -2.08. The highest BCUT2D eigenvalue weighted by atomic mass is 35.5. The fourth-order valence-electron chi connectivity index (χ4n) is 1.24. The number of hydrogen-bond acceptors (Lipinski definition) is 5. The monoisotopic (exact) mass is 289 g/mol. The van der Waals surface area contributed by atoms with E-state index in [1.807, 2.05) is 0 Å². The normalized spacial score (nSPS) is 10.4. The Hall–Kier alpha value is -1.37. The lowest BCUT2D eigenvalue weighted by molar-refractivity contribution is 0.0640. The summed E-state index contributed by atoms with van der Waals surface area (Å²) in [5.74, 6) is -0.876. The topological polar surface area (TPSA) is 77.9 Å². The van der Waals surface area contributed by atoms with Crippen molar-refractivity contribution in [3.05, 3.63) is 22.8 Å². The minimum Gasteiger partial charge on any atom is -0.478 e. The summed E-state index contributed by atoms with van der Waals surface area (Å²) >= 11 is 5.69. The second kappa shape index (κ2) is 8.68. The second-order valence-electron chi connectivity index (χ2n) is 3.61. The van der Waals surface area contributed by atoms with Gasteiger partial charge in [-0.3, -0.25) is 0 Å². The van der Waals surface area contributed by atoms with Crippen LogP contribution in [0.5, 0.6) is 5.88 Å². The second-order valence-corrected chi connectivity index (χ2v) is 4.02. The number of aromatic nitrogens is 1. The fourth-order valence-corrected chi connectivity index (χ4v) is 1.43. The van der Waals surface area contributed by atoms with Gasteiger partial charge in [0.15, 0.2) is 0 Å². The Morgan fingerprint density at radius 1 is 1.37 bits per heavy atom. The van der Waals surface area contributed by atoms with Crippen LogP contribution in [-0.4, -0.2) is 49.6 Å². The van der Waals surface area contributed by atoms with Crippen molar-refractivity contribution in [1.29, 1.82) is 0 Å². The molecule has 0 atom stereocenters. The molecular weight excluding hydrogens is 274 g/mol. The van der Waals surface area contributed by atoms with Gasteiger partial charge in [-0.05, 0) is 0 Å². The Morgan fingerprint density at radius 3 is 2.84 bits per heavy atom. The molecule has 1 rings (SSSR count). The molecule has 0 amide bonds. The van der Waals surface area contributed by atoms with E-state index in [0.717, 1.165) is 0 Å². The average Bonchev–Trinajstić information content (AvgIpc) is 2.39. The number of rotatable bonds is 9. The van der Waals surface area contributed by atoms with Crippen molar-refractivity contribution < 1.29 is 24.1 Å². The molecule has 0 aliphatic rings. The number of carboxylic acids is 1. The molecule has 1 aromatic heterocycles. The molecule has 0 bridgehead atoms. The molecule has 19 heavy (non-hydrogen) atoms. The zero-order valence-corrected chi connectivity index (χ0v) is 11.4. The number of nitrogens with zero attached hydrogens (tertiary/aromatic N) is 1. The van der Waals surface area contributed by atoms with E-state index in [0.29, 0.717) is 32.8 Å². The maximum absolute atomic E-state index is 10.9. The Bertz CT molecular complexity index is 413. The molecule has 0 saturated heterocycles. The largest absolute Gasteiger partial charge is 0.478 e. The number of halogens is 1. The van der Waals surface area contributed by atoms with Gasteiger partial charge < -0.3 is 19.3 Å². The third-order valence-electron chi connectivity index (χ3n) is 2.18. The van der Waals surface area contributed by atoms with Gasteiger partial charge in [-0.25, -0.2) is 9.78 Å². The summed E-state index contributed by atoms with van der Waals surface area (Å²) < 4.78 is 15.4. The zero-order valence-electron chi connectivity index (χ0n) is 10.6. The Kier molecular flexibility index (Phi) is 7.17. The third kappa shape index (κ3) is 5.87. The molecule has 1 aromatic rings. The molecule has 0 spiro atoms. The van der Waals surface area contributed by atoms with E-state index >= 15 is 0 Å². The summed E-state index contributed by atoms with van der Waals surface area (Å²) in [7, 11) is 1.61. The third-order valence-corrected chi connectivity index (χ3v) is 2.48. The van der Waals surface area contributed by atoms with E-state index in [2.05, 4.69) is 4.98 Å². The summed E-state index contributed by atoms with van der Waals surface area (Å²) in [6.07, 6.45) is 1.94. The Labute approximate surface area is 116 Å². The number of carbonyl (C=O) groups is 1. The number of ether oxygens (including phenoxy) is 3. The highest BCUT2D eigenvalue weighted by Crippen LogP contribution is 2.19. The predicted molar refractivity (Wildman–Crippen MR) is 69.0 cm³/mol. The number of methoxy groups -OCH3 is 1. The lowest BCUT2D eigenvalue weighted by atomic mass is 10.3. The van der Waals surface area contributed by atoms with Crippen molar-refractivity contribution >= 4 is 17.6 Å². The molecule has 1 N–H and O–H groups in total. The zero-order chi connectivity index (χ0) is 14.1. The Morgan fingerprint density at radius 2 is 2.16 bits per heavy atom. The van der Waals surface area contributed by atoms with Gasteiger partial charge in [0.25, 0.3) is 0 Å². The number of carboxylic acid groups (broad SMARTS) is 1. The quantitative estimate of drug-likeness (QED) is 0.699. The van der Waals surface area contributed by atoms with Crippen molar-refractivity contribution in [2.24, 2.45) is 0 Å². The van der Waals surface area contributed by atoms with E-state index in [1.54, 1.807) is 7.11 Å². The molecule has 6 nitrogen and oxygen atoms in total. The van der Waals surface area contributed by atoms with Gasteiger partial charge in [0.1, 0.15) is 0 Å². The molecule has 0 aliphatic carbocycles. The number of pyridine rings is 1. The van der Waals surface area contributed by atoms with Crippen LogP contribution in [0.3, 0.4) is 0 Å². The lowest BCUT2D eigenvalue weighted by Gasteiger charge is -2.07. The standard InChI is InChI=1S/C12H16ClNO5/c1-17-5-6-18-3-2-4-19-11-7-9(12(15)16)10(13)8-14-11/h7-8H,2-6H2,1H3,(H,15,16). The first-order chi connectivity index (χ1) is 9.15. The van der Waals surface area contributed by atoms with E-state index in [1.165, 1.54) is 12.3 Å². The molecule has 7 heteroatoms. The SMILES string of the molecule is COCCOCCCOc1cc(C(=O)O)c(Cl)cn1. The first-order valence-electron chi connectivity index (χ1n) is 5.73. The van der Waals surface area contributed by atoms with Gasteiger partial charge in [-0.15, -0.1) is 0 Å². The fraction of sp³-hybridized carbons (Fsp3) is 0.500. The molecule has 1 heterocycles. The van der Waals surface area contributed by atoms with E-state index < -0.39 is 5.97 Å². The minimum atomic E-state index is -1.11. The molecule has 0 aliphatic heterocycles. The van der Waals surface area contributed by atoms with Gasteiger partial charge in [-0.2, -0.15) is 0 Å². The van der Waals surface area contributed by atoms with Crippen molar-refractivity contribution in [2.45, 2.75) is 6.42 Å². The van der Waals surface area contributed by atoms with Gasteiger partial charge in [0, 0.05) is 26.2 Å². The van der Waals surface area contributed by atoms with Crippen molar-refractivity contribution in [2.75, 3.05) is 33.5 Å². The highest BCUT2D eigenvalue weighted by molar-refractivity contribution is 6.33. The van der Waals surface area contributed by atoms with Crippen LogP contribution in [0.2, 0.25) is 5.02 Å². The average molecular weight is 290 g/mol. The van der Waals surface area contributed by atoms with Crippen LogP contribution in [0.1, 0.15) is 16.8 Å². The molecule has 0 aromatic carbocycles. The smallest absolute Gasteiger partial charge is 0.337 e. The summed E-state index contributed by atoms with van der Waals surface area (Å²) in [5, 5.41) is 8.97. The molecule has 0 unspecified atom stereocenters. The minimum absolute atomic E-state index is 0.0250. The van der Waals surface area contributed by atoms with Crippen molar-refractivity contribution in [1.82, 2.24) is 4.98 Å². The first-order valence-corrected chi connectivity index (χ1v) is 6.11. The van der Waals surface area contributed by atoms with Crippen LogP contribution in [0, 0.1) is 0 Å². The molecule has 106 valence electrons. The predicted octanol–water partition coefficient (Wildman–Crippen LogP) is 1.87. The van der Waals surface area contributed by atoms with Crippen LogP contribution < -0.4 is 4.74 Å². The number of hydrogen-bond donors (Lipinski definition) is 1. The summed E-state index contributed by atoms with van der Waals surface area (Å²) in [5.41, 5.74) is -0.0250. The summed E-state index contributed by atoms with van der Waals surface area (Å²) in [4.78, 5) is 14.7. The molecule has 0 saturated carbocycles. The van der Waals surface area contributed by atoms with Gasteiger partial charge >= 0.3 is 5.97 Å². The number of aromatic carboxylic acids is 1. The van der Waals surface area contributed by atoms with E-state index in [4.69, 9.17) is 30.9 Å². The summed E-state index contributed by atoms with van der Waals surface area (Å²) in [6, 6.07) is 1.30. The maximum atomic E-state index is 10.9. The van der Waals surface area contributed by atoms with Gasteiger partial charge in [-0.1, -0.05) is 11.6 Å².